The fourth-order valence-corrected chi connectivity index (χ4v) is 2.36. The molecule has 1 aromatic carbocycles. The average Bonchev–Trinajstić information content (AvgIpc) is 2.59. The summed E-state index contributed by atoms with van der Waals surface area (Å²) in [5.41, 5.74) is 9.20. The van der Waals surface area contributed by atoms with Crippen molar-refractivity contribution >= 4 is 11.4 Å². The summed E-state index contributed by atoms with van der Waals surface area (Å²) >= 11 is 0. The molecule has 0 heterocycles. The van der Waals surface area contributed by atoms with Gasteiger partial charge in [-0.15, -0.1) is 0 Å². The summed E-state index contributed by atoms with van der Waals surface area (Å²) < 4.78 is 0. The molecule has 0 spiro atoms. The number of rotatable bonds is 2. The fraction of sp³-hybridized carbons (Fsp3) is 0.538. The van der Waals surface area contributed by atoms with E-state index in [0.717, 1.165) is 22.9 Å². The van der Waals surface area contributed by atoms with Crippen molar-refractivity contribution in [1.29, 1.82) is 0 Å². The molecule has 1 saturated carbocycles. The zero-order valence-corrected chi connectivity index (χ0v) is 9.59. The maximum Gasteiger partial charge on any atom is 0.0579 e. The standard InChI is InChI=1S/C13H20N2/c1-9-6-7-11(8-9)15-12-5-3-4-10(2)13(12)14/h3-5,9,11,15H,6-8,14H2,1-2H3. The molecule has 0 aliphatic heterocycles. The molecule has 0 radical (unpaired) electrons. The molecule has 2 atom stereocenters. The lowest BCUT2D eigenvalue weighted by Crippen LogP contribution is -2.16. The third kappa shape index (κ3) is 2.25. The number of nitrogens with two attached hydrogens (primary N) is 1. The first-order valence-corrected chi connectivity index (χ1v) is 5.78. The van der Waals surface area contributed by atoms with E-state index in [2.05, 4.69) is 37.4 Å². The van der Waals surface area contributed by atoms with Crippen LogP contribution in [0.5, 0.6) is 0 Å². The first-order valence-electron chi connectivity index (χ1n) is 5.78. The van der Waals surface area contributed by atoms with Crippen molar-refractivity contribution in [3.8, 4) is 0 Å². The van der Waals surface area contributed by atoms with E-state index in [1.807, 2.05) is 0 Å². The first kappa shape index (κ1) is 10.3. The zero-order chi connectivity index (χ0) is 10.8. The summed E-state index contributed by atoms with van der Waals surface area (Å²) in [5.74, 6) is 0.855. The molecule has 0 aromatic heterocycles. The minimum Gasteiger partial charge on any atom is -0.397 e. The monoisotopic (exact) mass is 204 g/mol. The first-order chi connectivity index (χ1) is 7.16. The Bertz CT molecular complexity index is 346. The van der Waals surface area contributed by atoms with Crippen LogP contribution in [0.2, 0.25) is 0 Å². The predicted molar refractivity (Wildman–Crippen MR) is 66.0 cm³/mol. The van der Waals surface area contributed by atoms with Crippen LogP contribution < -0.4 is 11.1 Å². The number of hydrogen-bond donors (Lipinski definition) is 2. The van der Waals surface area contributed by atoms with Gasteiger partial charge in [-0.3, -0.25) is 0 Å². The second kappa shape index (κ2) is 4.13. The molecule has 3 N–H and O–H groups in total. The van der Waals surface area contributed by atoms with Crippen LogP contribution in [-0.4, -0.2) is 6.04 Å². The number of hydrogen-bond acceptors (Lipinski definition) is 2. The largest absolute Gasteiger partial charge is 0.397 e. The number of anilines is 2. The van der Waals surface area contributed by atoms with E-state index >= 15 is 0 Å². The molecule has 2 rings (SSSR count). The van der Waals surface area contributed by atoms with Crippen LogP contribution in [0.25, 0.3) is 0 Å². The third-order valence-corrected chi connectivity index (χ3v) is 3.38. The van der Waals surface area contributed by atoms with Gasteiger partial charge in [-0.2, -0.15) is 0 Å². The van der Waals surface area contributed by atoms with Gasteiger partial charge >= 0.3 is 0 Å². The maximum absolute atomic E-state index is 6.03. The normalized spacial score (nSPS) is 25.5. The highest BCUT2D eigenvalue weighted by Gasteiger charge is 2.21. The van der Waals surface area contributed by atoms with Gasteiger partial charge in [0.2, 0.25) is 0 Å². The molecule has 0 saturated heterocycles. The summed E-state index contributed by atoms with van der Waals surface area (Å²) in [4.78, 5) is 0. The van der Waals surface area contributed by atoms with Gasteiger partial charge in [0.25, 0.3) is 0 Å². The molecule has 0 amide bonds. The summed E-state index contributed by atoms with van der Waals surface area (Å²) in [6, 6.07) is 6.80. The molecule has 2 nitrogen and oxygen atoms in total. The summed E-state index contributed by atoms with van der Waals surface area (Å²) in [6.45, 7) is 4.37. The quantitative estimate of drug-likeness (QED) is 0.726. The highest BCUT2D eigenvalue weighted by molar-refractivity contribution is 5.69. The molecule has 0 bridgehead atoms. The Labute approximate surface area is 91.9 Å². The van der Waals surface area contributed by atoms with E-state index in [-0.39, 0.29) is 0 Å². The van der Waals surface area contributed by atoms with Crippen molar-refractivity contribution in [3.05, 3.63) is 23.8 Å². The molecule has 82 valence electrons. The molecule has 1 aromatic rings. The van der Waals surface area contributed by atoms with Crippen molar-refractivity contribution in [1.82, 2.24) is 0 Å². The number of para-hydroxylation sites is 1. The Morgan fingerprint density at radius 1 is 1.33 bits per heavy atom. The van der Waals surface area contributed by atoms with Crippen molar-refractivity contribution in [2.24, 2.45) is 5.92 Å². The van der Waals surface area contributed by atoms with Gasteiger partial charge in [0.1, 0.15) is 0 Å². The highest BCUT2D eigenvalue weighted by Crippen LogP contribution is 2.30. The smallest absolute Gasteiger partial charge is 0.0579 e. The van der Waals surface area contributed by atoms with Crippen LogP contribution in [0.15, 0.2) is 18.2 Å². The van der Waals surface area contributed by atoms with Crippen molar-refractivity contribution in [2.45, 2.75) is 39.2 Å². The van der Waals surface area contributed by atoms with Crippen molar-refractivity contribution in [3.63, 3.8) is 0 Å². The highest BCUT2D eigenvalue weighted by atomic mass is 14.9. The van der Waals surface area contributed by atoms with Gasteiger partial charge in [0, 0.05) is 6.04 Å². The Morgan fingerprint density at radius 3 is 2.80 bits per heavy atom. The molecule has 1 fully saturated rings. The lowest BCUT2D eigenvalue weighted by Gasteiger charge is -2.16. The van der Waals surface area contributed by atoms with Crippen LogP contribution in [0.1, 0.15) is 31.7 Å². The number of benzene rings is 1. The van der Waals surface area contributed by atoms with Crippen molar-refractivity contribution < 1.29 is 0 Å². The molecular weight excluding hydrogens is 184 g/mol. The van der Waals surface area contributed by atoms with Crippen molar-refractivity contribution in [2.75, 3.05) is 11.1 Å². The molecule has 15 heavy (non-hydrogen) atoms. The van der Waals surface area contributed by atoms with E-state index in [0.29, 0.717) is 6.04 Å². The van der Waals surface area contributed by atoms with E-state index in [4.69, 9.17) is 5.73 Å². The molecule has 2 heteroatoms. The lowest BCUT2D eigenvalue weighted by atomic mass is 10.1. The van der Waals surface area contributed by atoms with Crippen LogP contribution in [-0.2, 0) is 0 Å². The SMILES string of the molecule is Cc1cccc(NC2CCC(C)C2)c1N. The Morgan fingerprint density at radius 2 is 2.13 bits per heavy atom. The second-order valence-electron chi connectivity index (χ2n) is 4.80. The minimum absolute atomic E-state index is 0.615. The summed E-state index contributed by atoms with van der Waals surface area (Å²) in [6.07, 6.45) is 3.88. The van der Waals surface area contributed by atoms with Crippen LogP contribution in [0, 0.1) is 12.8 Å². The van der Waals surface area contributed by atoms with Gasteiger partial charge in [-0.05, 0) is 43.7 Å². The topological polar surface area (TPSA) is 38.0 Å². The Balaban J connectivity index is 2.07. The van der Waals surface area contributed by atoms with Gasteiger partial charge in [0.05, 0.1) is 11.4 Å². The predicted octanol–water partition coefficient (Wildman–Crippen LogP) is 3.18. The van der Waals surface area contributed by atoms with E-state index in [1.165, 1.54) is 19.3 Å². The Kier molecular flexibility index (Phi) is 2.85. The maximum atomic E-state index is 6.03. The van der Waals surface area contributed by atoms with Gasteiger partial charge in [0.15, 0.2) is 0 Å². The number of aryl methyl sites for hydroxylation is 1. The molecule has 1 aliphatic rings. The van der Waals surface area contributed by atoms with Crippen LogP contribution >= 0.6 is 0 Å². The molecular formula is C13H20N2. The van der Waals surface area contributed by atoms with Gasteiger partial charge in [-0.25, -0.2) is 0 Å². The minimum atomic E-state index is 0.615. The Hall–Kier alpha value is -1.18. The third-order valence-electron chi connectivity index (χ3n) is 3.38. The van der Waals surface area contributed by atoms with Gasteiger partial charge < -0.3 is 11.1 Å². The van der Waals surface area contributed by atoms with E-state index < -0.39 is 0 Å². The van der Waals surface area contributed by atoms with Crippen LogP contribution in [0.3, 0.4) is 0 Å². The second-order valence-corrected chi connectivity index (χ2v) is 4.80. The average molecular weight is 204 g/mol. The number of nitrogens with one attached hydrogen (secondary N) is 1. The lowest BCUT2D eigenvalue weighted by molar-refractivity contribution is 0.602. The zero-order valence-electron chi connectivity index (χ0n) is 9.59. The fourth-order valence-electron chi connectivity index (χ4n) is 2.36. The molecule has 1 aliphatic carbocycles. The number of nitrogen functional groups attached to an aromatic ring is 1. The molecule has 2 unspecified atom stereocenters. The summed E-state index contributed by atoms with van der Waals surface area (Å²) in [5, 5.41) is 3.56. The van der Waals surface area contributed by atoms with E-state index in [1.54, 1.807) is 0 Å². The van der Waals surface area contributed by atoms with E-state index in [9.17, 15) is 0 Å². The van der Waals surface area contributed by atoms with Crippen LogP contribution in [0.4, 0.5) is 11.4 Å². The summed E-state index contributed by atoms with van der Waals surface area (Å²) in [7, 11) is 0. The van der Waals surface area contributed by atoms with Gasteiger partial charge in [-0.1, -0.05) is 19.1 Å².